The molecule has 118 valence electrons. The molecule has 0 saturated carbocycles. The van der Waals surface area contributed by atoms with Crippen molar-refractivity contribution in [2.24, 2.45) is 0 Å². The molecule has 4 nitrogen and oxygen atoms in total. The van der Waals surface area contributed by atoms with Gasteiger partial charge in [-0.2, -0.15) is 0 Å². The van der Waals surface area contributed by atoms with Crippen LogP contribution in [-0.2, 0) is 11.3 Å². The molecule has 0 fully saturated rings. The van der Waals surface area contributed by atoms with Crippen molar-refractivity contribution in [3.63, 3.8) is 0 Å². The Morgan fingerprint density at radius 3 is 2.70 bits per heavy atom. The summed E-state index contributed by atoms with van der Waals surface area (Å²) in [6.07, 6.45) is -0.561. The highest BCUT2D eigenvalue weighted by Gasteiger charge is 2.05. The SMILES string of the molecule is COc1c(F)cccc1C#CCNC(=O)OCc1ccccc1. The van der Waals surface area contributed by atoms with Crippen LogP contribution in [0.15, 0.2) is 48.5 Å². The highest BCUT2D eigenvalue weighted by atomic mass is 19.1. The fraction of sp³-hybridized carbons (Fsp3) is 0.167. The zero-order valence-electron chi connectivity index (χ0n) is 12.6. The smallest absolute Gasteiger partial charge is 0.408 e. The summed E-state index contributed by atoms with van der Waals surface area (Å²) in [7, 11) is 1.38. The molecule has 2 rings (SSSR count). The molecule has 0 atom stereocenters. The molecule has 2 aromatic carbocycles. The summed E-state index contributed by atoms with van der Waals surface area (Å²) in [6.45, 7) is 0.283. The Kier molecular flexibility index (Phi) is 6.01. The molecular weight excluding hydrogens is 297 g/mol. The molecule has 0 radical (unpaired) electrons. The van der Waals surface area contributed by atoms with Crippen LogP contribution in [0.4, 0.5) is 9.18 Å². The second kappa shape index (κ2) is 8.44. The lowest BCUT2D eigenvalue weighted by Gasteiger charge is -2.05. The molecule has 5 heteroatoms. The molecule has 0 bridgehead atoms. The first kappa shape index (κ1) is 16.4. The lowest BCUT2D eigenvalue weighted by Crippen LogP contribution is -2.24. The molecule has 2 aromatic rings. The van der Waals surface area contributed by atoms with Gasteiger partial charge in [0, 0.05) is 0 Å². The number of carbonyl (C=O) groups is 1. The van der Waals surface area contributed by atoms with Crippen molar-refractivity contribution in [1.82, 2.24) is 5.32 Å². The Labute approximate surface area is 134 Å². The summed E-state index contributed by atoms with van der Waals surface area (Å²) in [5.41, 5.74) is 1.32. The number of ether oxygens (including phenoxy) is 2. The van der Waals surface area contributed by atoms with E-state index in [0.29, 0.717) is 5.56 Å². The number of carbonyl (C=O) groups excluding carboxylic acids is 1. The molecule has 0 saturated heterocycles. The predicted molar refractivity (Wildman–Crippen MR) is 84.5 cm³/mol. The van der Waals surface area contributed by atoms with Crippen LogP contribution in [0.1, 0.15) is 11.1 Å². The van der Waals surface area contributed by atoms with Gasteiger partial charge in [-0.15, -0.1) is 0 Å². The van der Waals surface area contributed by atoms with Gasteiger partial charge in [-0.1, -0.05) is 48.2 Å². The number of hydrogen-bond donors (Lipinski definition) is 1. The highest BCUT2D eigenvalue weighted by molar-refractivity contribution is 5.67. The first-order valence-corrected chi connectivity index (χ1v) is 6.96. The molecule has 1 N–H and O–H groups in total. The first-order chi connectivity index (χ1) is 11.2. The first-order valence-electron chi connectivity index (χ1n) is 6.96. The van der Waals surface area contributed by atoms with Crippen LogP contribution in [0.25, 0.3) is 0 Å². The summed E-state index contributed by atoms with van der Waals surface area (Å²) >= 11 is 0. The molecule has 0 heterocycles. The third kappa shape index (κ3) is 5.04. The average Bonchev–Trinajstić information content (AvgIpc) is 2.58. The Morgan fingerprint density at radius 1 is 1.17 bits per heavy atom. The zero-order chi connectivity index (χ0) is 16.5. The van der Waals surface area contributed by atoms with Crippen molar-refractivity contribution >= 4 is 6.09 Å². The van der Waals surface area contributed by atoms with Crippen molar-refractivity contribution in [1.29, 1.82) is 0 Å². The molecule has 23 heavy (non-hydrogen) atoms. The largest absolute Gasteiger partial charge is 0.492 e. The number of nitrogens with one attached hydrogen (secondary N) is 1. The fourth-order valence-corrected chi connectivity index (χ4v) is 1.84. The summed E-state index contributed by atoms with van der Waals surface area (Å²) in [5.74, 6) is 5.09. The van der Waals surface area contributed by atoms with Crippen LogP contribution < -0.4 is 10.1 Å². The van der Waals surface area contributed by atoms with E-state index in [1.807, 2.05) is 30.3 Å². The number of methoxy groups -OCH3 is 1. The molecular formula is C18H16FNO3. The van der Waals surface area contributed by atoms with Gasteiger partial charge in [-0.25, -0.2) is 9.18 Å². The maximum absolute atomic E-state index is 13.5. The van der Waals surface area contributed by atoms with Crippen LogP contribution in [0.3, 0.4) is 0 Å². The molecule has 1 amide bonds. The fourth-order valence-electron chi connectivity index (χ4n) is 1.84. The van der Waals surface area contributed by atoms with Gasteiger partial charge in [-0.3, -0.25) is 0 Å². The third-order valence-corrected chi connectivity index (χ3v) is 2.93. The third-order valence-electron chi connectivity index (χ3n) is 2.93. The lowest BCUT2D eigenvalue weighted by molar-refractivity contribution is 0.141. The monoisotopic (exact) mass is 313 g/mol. The van der Waals surface area contributed by atoms with Gasteiger partial charge < -0.3 is 14.8 Å². The Morgan fingerprint density at radius 2 is 1.96 bits per heavy atom. The molecule has 0 unspecified atom stereocenters. The molecule has 0 spiro atoms. The van der Waals surface area contributed by atoms with E-state index in [1.165, 1.54) is 13.2 Å². The molecule has 0 aliphatic heterocycles. The van der Waals surface area contributed by atoms with Crippen LogP contribution in [0.5, 0.6) is 5.75 Å². The van der Waals surface area contributed by atoms with Gasteiger partial charge in [0.1, 0.15) is 6.61 Å². The maximum atomic E-state index is 13.5. The average molecular weight is 313 g/mol. The number of halogens is 1. The van der Waals surface area contributed by atoms with Gasteiger partial charge in [0.15, 0.2) is 11.6 Å². The lowest BCUT2D eigenvalue weighted by atomic mass is 10.2. The van der Waals surface area contributed by atoms with Gasteiger partial charge >= 0.3 is 6.09 Å². The van der Waals surface area contributed by atoms with Crippen LogP contribution in [0.2, 0.25) is 0 Å². The second-order valence-corrected chi connectivity index (χ2v) is 4.54. The zero-order valence-corrected chi connectivity index (χ0v) is 12.6. The van der Waals surface area contributed by atoms with Crippen LogP contribution in [-0.4, -0.2) is 19.7 Å². The minimum atomic E-state index is -0.561. The van der Waals surface area contributed by atoms with Crippen molar-refractivity contribution in [3.05, 3.63) is 65.5 Å². The standard InChI is InChI=1S/C18H16FNO3/c1-22-17-15(9-5-11-16(17)19)10-6-12-20-18(21)23-13-14-7-3-2-4-8-14/h2-5,7-9,11H,12-13H2,1H3,(H,20,21). The van der Waals surface area contributed by atoms with Gasteiger partial charge in [-0.05, 0) is 17.7 Å². The molecule has 0 aliphatic rings. The van der Waals surface area contributed by atoms with Gasteiger partial charge in [0.25, 0.3) is 0 Å². The van der Waals surface area contributed by atoms with E-state index in [9.17, 15) is 9.18 Å². The van der Waals surface area contributed by atoms with E-state index in [2.05, 4.69) is 17.2 Å². The maximum Gasteiger partial charge on any atom is 0.408 e. The number of rotatable bonds is 4. The van der Waals surface area contributed by atoms with Gasteiger partial charge in [0.2, 0.25) is 0 Å². The number of benzene rings is 2. The Balaban J connectivity index is 1.81. The second-order valence-electron chi connectivity index (χ2n) is 4.54. The van der Waals surface area contributed by atoms with E-state index < -0.39 is 11.9 Å². The quantitative estimate of drug-likeness (QED) is 0.882. The van der Waals surface area contributed by atoms with E-state index in [-0.39, 0.29) is 18.9 Å². The van der Waals surface area contributed by atoms with E-state index in [4.69, 9.17) is 9.47 Å². The van der Waals surface area contributed by atoms with Crippen LogP contribution in [0, 0.1) is 17.7 Å². The number of alkyl carbamates (subject to hydrolysis) is 1. The van der Waals surface area contributed by atoms with E-state index in [1.54, 1.807) is 12.1 Å². The summed E-state index contributed by atoms with van der Waals surface area (Å²) in [4.78, 5) is 11.5. The normalized spacial score (nSPS) is 9.48. The number of para-hydroxylation sites is 1. The topological polar surface area (TPSA) is 47.6 Å². The predicted octanol–water partition coefficient (Wildman–Crippen LogP) is 3.11. The van der Waals surface area contributed by atoms with Gasteiger partial charge in [0.05, 0.1) is 19.2 Å². The Hall–Kier alpha value is -3.00. The number of hydrogen-bond acceptors (Lipinski definition) is 3. The summed E-state index contributed by atoms with van der Waals surface area (Å²) in [5, 5.41) is 2.51. The van der Waals surface area contributed by atoms with Crippen molar-refractivity contribution in [2.75, 3.05) is 13.7 Å². The summed E-state index contributed by atoms with van der Waals surface area (Å²) in [6, 6.07) is 13.8. The molecule has 0 aromatic heterocycles. The minimum Gasteiger partial charge on any atom is -0.492 e. The van der Waals surface area contributed by atoms with E-state index in [0.717, 1.165) is 5.56 Å². The van der Waals surface area contributed by atoms with E-state index >= 15 is 0 Å². The van der Waals surface area contributed by atoms with Crippen molar-refractivity contribution in [3.8, 4) is 17.6 Å². The minimum absolute atomic E-state index is 0.0895. The molecule has 0 aliphatic carbocycles. The Bertz CT molecular complexity index is 720. The highest BCUT2D eigenvalue weighted by Crippen LogP contribution is 2.20. The number of amides is 1. The van der Waals surface area contributed by atoms with Crippen LogP contribution >= 0.6 is 0 Å². The summed E-state index contributed by atoms with van der Waals surface area (Å²) < 4.78 is 23.5. The van der Waals surface area contributed by atoms with Crippen molar-refractivity contribution < 1.29 is 18.7 Å². The van der Waals surface area contributed by atoms with Crippen molar-refractivity contribution in [2.45, 2.75) is 6.61 Å².